The number of fused-ring (bicyclic) bond motifs is 2. The number of aromatic nitrogens is 1. The predicted molar refractivity (Wildman–Crippen MR) is 102 cm³/mol. The fraction of sp³-hybridized carbons (Fsp3) is 0.400. The first kappa shape index (κ1) is 16.7. The Hall–Kier alpha value is -2.41. The molecule has 1 aromatic carbocycles. The number of piperidine rings is 1. The summed E-state index contributed by atoms with van der Waals surface area (Å²) in [5.74, 6) is -0.000731. The van der Waals surface area contributed by atoms with Gasteiger partial charge in [0.15, 0.2) is 5.58 Å². The van der Waals surface area contributed by atoms with Crippen molar-refractivity contribution < 1.29 is 13.6 Å². The highest BCUT2D eigenvalue weighted by atomic mass is 32.1. The molecule has 2 aliphatic heterocycles. The number of halogens is 1. The van der Waals surface area contributed by atoms with Crippen LogP contribution in [0.2, 0.25) is 0 Å². The van der Waals surface area contributed by atoms with Crippen LogP contribution in [0.5, 0.6) is 0 Å². The number of carbonyl (C=O) groups is 1. The maximum atomic E-state index is 13.3. The van der Waals surface area contributed by atoms with Crippen molar-refractivity contribution >= 4 is 34.4 Å². The van der Waals surface area contributed by atoms with Gasteiger partial charge >= 0.3 is 0 Å². The van der Waals surface area contributed by atoms with Gasteiger partial charge in [-0.2, -0.15) is 4.98 Å². The van der Waals surface area contributed by atoms with Gasteiger partial charge in [0, 0.05) is 43.0 Å². The molecule has 0 saturated carbocycles. The van der Waals surface area contributed by atoms with Gasteiger partial charge in [-0.25, -0.2) is 4.39 Å². The maximum absolute atomic E-state index is 13.3. The quantitative estimate of drug-likeness (QED) is 0.673. The van der Waals surface area contributed by atoms with Crippen molar-refractivity contribution in [2.24, 2.45) is 5.92 Å². The van der Waals surface area contributed by atoms with Gasteiger partial charge in [-0.15, -0.1) is 11.3 Å². The normalized spacial score (nSPS) is 18.1. The van der Waals surface area contributed by atoms with Gasteiger partial charge in [0.1, 0.15) is 11.3 Å². The lowest BCUT2D eigenvalue weighted by molar-refractivity contribution is -0.137. The standard InChI is InChI=1S/C20H20FN3O2S/c21-15-1-2-16-17(11-15)26-20(22-16)23-7-3-13(4-8-23)19(25)24-9-5-18-14(12-24)6-10-27-18/h1-2,6,10-11,13H,3-5,7-9,12H2. The van der Waals surface area contributed by atoms with E-state index in [0.717, 1.165) is 45.4 Å². The minimum absolute atomic E-state index is 0.0586. The number of carbonyl (C=O) groups excluding carboxylic acids is 1. The fourth-order valence-corrected chi connectivity index (χ4v) is 4.92. The van der Waals surface area contributed by atoms with E-state index in [0.29, 0.717) is 17.1 Å². The van der Waals surface area contributed by atoms with E-state index >= 15 is 0 Å². The van der Waals surface area contributed by atoms with Crippen molar-refractivity contribution in [3.8, 4) is 0 Å². The smallest absolute Gasteiger partial charge is 0.298 e. The average molecular weight is 385 g/mol. The van der Waals surface area contributed by atoms with Crippen LogP contribution in [0.15, 0.2) is 34.1 Å². The molecule has 2 aliphatic rings. The Morgan fingerprint density at radius 3 is 2.93 bits per heavy atom. The number of rotatable bonds is 2. The number of benzene rings is 1. The second-order valence-electron chi connectivity index (χ2n) is 7.25. The van der Waals surface area contributed by atoms with E-state index in [9.17, 15) is 9.18 Å². The first-order valence-corrected chi connectivity index (χ1v) is 10.2. The van der Waals surface area contributed by atoms with Gasteiger partial charge in [0.25, 0.3) is 6.01 Å². The molecule has 1 amide bonds. The van der Waals surface area contributed by atoms with E-state index in [4.69, 9.17) is 4.42 Å². The zero-order valence-electron chi connectivity index (χ0n) is 14.9. The monoisotopic (exact) mass is 385 g/mol. The van der Waals surface area contributed by atoms with Crippen LogP contribution in [0, 0.1) is 11.7 Å². The highest BCUT2D eigenvalue weighted by Crippen LogP contribution is 2.30. The molecule has 0 aliphatic carbocycles. The zero-order valence-corrected chi connectivity index (χ0v) is 15.7. The molecule has 0 atom stereocenters. The van der Waals surface area contributed by atoms with E-state index < -0.39 is 0 Å². The van der Waals surface area contributed by atoms with Gasteiger partial charge in [-0.1, -0.05) is 0 Å². The first-order chi connectivity index (χ1) is 13.2. The summed E-state index contributed by atoms with van der Waals surface area (Å²) >= 11 is 1.79. The molecule has 0 spiro atoms. The molecule has 0 N–H and O–H groups in total. The fourth-order valence-electron chi connectivity index (χ4n) is 4.03. The van der Waals surface area contributed by atoms with Crippen LogP contribution in [0.4, 0.5) is 10.4 Å². The molecule has 3 aromatic rings. The third-order valence-corrected chi connectivity index (χ3v) is 6.60. The topological polar surface area (TPSA) is 49.6 Å². The third kappa shape index (κ3) is 3.10. The highest BCUT2D eigenvalue weighted by molar-refractivity contribution is 7.10. The van der Waals surface area contributed by atoms with E-state index in [2.05, 4.69) is 21.3 Å². The number of hydrogen-bond acceptors (Lipinski definition) is 5. The minimum Gasteiger partial charge on any atom is -0.423 e. The summed E-state index contributed by atoms with van der Waals surface area (Å²) in [5.41, 5.74) is 2.42. The Balaban J connectivity index is 1.24. The molecular weight excluding hydrogens is 365 g/mol. The van der Waals surface area contributed by atoms with E-state index in [1.807, 2.05) is 4.90 Å². The molecule has 7 heteroatoms. The lowest BCUT2D eigenvalue weighted by Crippen LogP contribution is -2.44. The molecule has 0 unspecified atom stereocenters. The minimum atomic E-state index is -0.329. The number of nitrogens with zero attached hydrogens (tertiary/aromatic N) is 3. The molecule has 1 saturated heterocycles. The van der Waals surface area contributed by atoms with Crippen molar-refractivity contribution in [3.63, 3.8) is 0 Å². The van der Waals surface area contributed by atoms with Crippen molar-refractivity contribution in [2.75, 3.05) is 24.5 Å². The lowest BCUT2D eigenvalue weighted by atomic mass is 9.94. The predicted octanol–water partition coefficient (Wildman–Crippen LogP) is 3.83. The zero-order chi connectivity index (χ0) is 18.4. The number of oxazole rings is 1. The molecule has 0 radical (unpaired) electrons. The second-order valence-corrected chi connectivity index (χ2v) is 8.25. The number of anilines is 1. The Morgan fingerprint density at radius 1 is 1.22 bits per heavy atom. The number of amides is 1. The molecule has 5 rings (SSSR count). The first-order valence-electron chi connectivity index (χ1n) is 9.32. The highest BCUT2D eigenvalue weighted by Gasteiger charge is 2.31. The van der Waals surface area contributed by atoms with Gasteiger partial charge in [0.2, 0.25) is 5.91 Å². The van der Waals surface area contributed by atoms with Crippen LogP contribution in [0.3, 0.4) is 0 Å². The van der Waals surface area contributed by atoms with Crippen LogP contribution >= 0.6 is 11.3 Å². The van der Waals surface area contributed by atoms with Crippen LogP contribution in [0.25, 0.3) is 11.1 Å². The number of thiophene rings is 1. The average Bonchev–Trinajstić information content (AvgIpc) is 3.33. The summed E-state index contributed by atoms with van der Waals surface area (Å²) in [6, 6.07) is 7.03. The number of hydrogen-bond donors (Lipinski definition) is 0. The second kappa shape index (κ2) is 6.64. The van der Waals surface area contributed by atoms with Crippen molar-refractivity contribution in [1.82, 2.24) is 9.88 Å². The summed E-state index contributed by atoms with van der Waals surface area (Å²) in [7, 11) is 0. The van der Waals surface area contributed by atoms with Crippen molar-refractivity contribution in [3.05, 3.63) is 45.9 Å². The largest absolute Gasteiger partial charge is 0.423 e. The molecule has 4 heterocycles. The molecule has 0 bridgehead atoms. The molecule has 1 fully saturated rings. The Bertz CT molecular complexity index is 990. The Labute approximate surface area is 160 Å². The van der Waals surface area contributed by atoms with E-state index in [-0.39, 0.29) is 17.6 Å². The summed E-state index contributed by atoms with van der Waals surface area (Å²) in [6.07, 6.45) is 2.55. The van der Waals surface area contributed by atoms with Crippen LogP contribution in [-0.2, 0) is 17.8 Å². The van der Waals surface area contributed by atoms with Crippen LogP contribution in [-0.4, -0.2) is 35.4 Å². The Kier molecular flexibility index (Phi) is 4.11. The molecular formula is C20H20FN3O2S. The van der Waals surface area contributed by atoms with Crippen LogP contribution < -0.4 is 4.90 Å². The van der Waals surface area contributed by atoms with Gasteiger partial charge < -0.3 is 14.2 Å². The summed E-state index contributed by atoms with van der Waals surface area (Å²) in [6.45, 7) is 3.02. The third-order valence-electron chi connectivity index (χ3n) is 5.57. The SMILES string of the molecule is O=C(C1CCN(c2nc3ccc(F)cc3o2)CC1)N1CCc2sccc2C1. The molecule has 2 aromatic heterocycles. The lowest BCUT2D eigenvalue weighted by Gasteiger charge is -2.35. The van der Waals surface area contributed by atoms with Gasteiger partial charge in [-0.05, 0) is 48.4 Å². The van der Waals surface area contributed by atoms with Gasteiger partial charge in [0.05, 0.1) is 0 Å². The van der Waals surface area contributed by atoms with Crippen molar-refractivity contribution in [1.29, 1.82) is 0 Å². The van der Waals surface area contributed by atoms with E-state index in [1.54, 1.807) is 17.4 Å². The molecule has 140 valence electrons. The van der Waals surface area contributed by atoms with Crippen LogP contribution in [0.1, 0.15) is 23.3 Å². The summed E-state index contributed by atoms with van der Waals surface area (Å²) < 4.78 is 19.0. The maximum Gasteiger partial charge on any atom is 0.298 e. The summed E-state index contributed by atoms with van der Waals surface area (Å²) in [5, 5.41) is 2.11. The van der Waals surface area contributed by atoms with E-state index in [1.165, 1.54) is 22.6 Å². The molecule has 27 heavy (non-hydrogen) atoms. The van der Waals surface area contributed by atoms with Gasteiger partial charge in [-0.3, -0.25) is 4.79 Å². The molecule has 5 nitrogen and oxygen atoms in total. The summed E-state index contributed by atoms with van der Waals surface area (Å²) in [4.78, 5) is 22.9. The Morgan fingerprint density at radius 2 is 2.07 bits per heavy atom. The van der Waals surface area contributed by atoms with Crippen molar-refractivity contribution in [2.45, 2.75) is 25.8 Å².